The summed E-state index contributed by atoms with van der Waals surface area (Å²) in [4.78, 5) is 23.3. The first-order valence-corrected chi connectivity index (χ1v) is 6.46. The second kappa shape index (κ2) is 7.37. The van der Waals surface area contributed by atoms with Crippen LogP contribution in [0.5, 0.6) is 5.75 Å². The molecule has 0 aliphatic rings. The first-order valence-electron chi connectivity index (χ1n) is 6.46. The van der Waals surface area contributed by atoms with Crippen LogP contribution in [-0.2, 0) is 9.59 Å². The Labute approximate surface area is 118 Å². The molecule has 0 bridgehead atoms. The van der Waals surface area contributed by atoms with Gasteiger partial charge in [0.1, 0.15) is 11.8 Å². The van der Waals surface area contributed by atoms with Crippen LogP contribution in [0.25, 0.3) is 0 Å². The van der Waals surface area contributed by atoms with E-state index in [2.05, 4.69) is 10.6 Å². The molecule has 0 spiro atoms. The molecule has 110 valence electrons. The van der Waals surface area contributed by atoms with Crippen LogP contribution in [0, 0.1) is 0 Å². The Hall–Kier alpha value is -2.24. The Morgan fingerprint density at radius 3 is 2.55 bits per heavy atom. The predicted molar refractivity (Wildman–Crippen MR) is 77.2 cm³/mol. The molecule has 1 aromatic carbocycles. The van der Waals surface area contributed by atoms with Crippen molar-refractivity contribution in [3.63, 3.8) is 0 Å². The van der Waals surface area contributed by atoms with Gasteiger partial charge in [0.25, 0.3) is 5.91 Å². The third-order valence-corrected chi connectivity index (χ3v) is 2.43. The molecule has 20 heavy (non-hydrogen) atoms. The van der Waals surface area contributed by atoms with Crippen LogP contribution >= 0.6 is 0 Å². The monoisotopic (exact) mass is 279 g/mol. The van der Waals surface area contributed by atoms with Gasteiger partial charge in [-0.3, -0.25) is 9.59 Å². The summed E-state index contributed by atoms with van der Waals surface area (Å²) in [5.41, 5.74) is 6.16. The lowest BCUT2D eigenvalue weighted by atomic mass is 10.3. The van der Waals surface area contributed by atoms with Gasteiger partial charge in [-0.25, -0.2) is 0 Å². The number of hydrogen-bond acceptors (Lipinski definition) is 4. The lowest BCUT2D eigenvalue weighted by molar-refractivity contribution is -0.129. The minimum absolute atomic E-state index is 0.0328. The highest BCUT2D eigenvalue weighted by molar-refractivity contribution is 5.87. The first kappa shape index (κ1) is 15.8. The van der Waals surface area contributed by atoms with Crippen LogP contribution in [0.4, 0.5) is 5.69 Å². The van der Waals surface area contributed by atoms with Gasteiger partial charge < -0.3 is 21.1 Å². The fourth-order valence-corrected chi connectivity index (χ4v) is 1.51. The number of nitrogens with two attached hydrogens (primary N) is 1. The van der Waals surface area contributed by atoms with Crippen molar-refractivity contribution >= 4 is 17.5 Å². The largest absolute Gasteiger partial charge is 0.484 e. The number of hydrogen-bond donors (Lipinski definition) is 3. The van der Waals surface area contributed by atoms with E-state index in [9.17, 15) is 9.59 Å². The number of anilines is 1. The van der Waals surface area contributed by atoms with E-state index in [1.54, 1.807) is 31.2 Å². The summed E-state index contributed by atoms with van der Waals surface area (Å²) in [6.07, 6.45) is 0. The molecule has 1 aromatic rings. The van der Waals surface area contributed by atoms with Gasteiger partial charge in [0.05, 0.1) is 0 Å². The molecule has 6 heteroatoms. The van der Waals surface area contributed by atoms with E-state index in [4.69, 9.17) is 10.5 Å². The Morgan fingerprint density at radius 2 is 1.95 bits per heavy atom. The highest BCUT2D eigenvalue weighted by Gasteiger charge is 2.16. The van der Waals surface area contributed by atoms with Crippen molar-refractivity contribution in [3.8, 4) is 5.75 Å². The number of rotatable bonds is 6. The summed E-state index contributed by atoms with van der Waals surface area (Å²) in [5, 5.41) is 5.28. The van der Waals surface area contributed by atoms with Crippen molar-refractivity contribution in [2.75, 3.05) is 12.3 Å². The second-order valence-corrected chi connectivity index (χ2v) is 4.81. The summed E-state index contributed by atoms with van der Waals surface area (Å²) >= 11 is 0. The van der Waals surface area contributed by atoms with Gasteiger partial charge in [-0.2, -0.15) is 0 Å². The van der Waals surface area contributed by atoms with E-state index in [-0.39, 0.29) is 24.5 Å². The molecule has 0 aliphatic heterocycles. The van der Waals surface area contributed by atoms with Crippen molar-refractivity contribution in [1.82, 2.24) is 10.6 Å². The highest BCUT2D eigenvalue weighted by Crippen LogP contribution is 2.13. The third-order valence-electron chi connectivity index (χ3n) is 2.43. The zero-order valence-electron chi connectivity index (χ0n) is 12.0. The van der Waals surface area contributed by atoms with Crippen LogP contribution in [0.15, 0.2) is 24.3 Å². The van der Waals surface area contributed by atoms with E-state index in [1.807, 2.05) is 13.8 Å². The Kier molecular flexibility index (Phi) is 5.83. The van der Waals surface area contributed by atoms with E-state index in [1.165, 1.54) is 0 Å². The third kappa shape index (κ3) is 5.60. The van der Waals surface area contributed by atoms with E-state index in [0.29, 0.717) is 11.4 Å². The van der Waals surface area contributed by atoms with E-state index < -0.39 is 6.04 Å². The first-order chi connectivity index (χ1) is 9.38. The molecule has 0 aromatic heterocycles. The highest BCUT2D eigenvalue weighted by atomic mass is 16.5. The van der Waals surface area contributed by atoms with Gasteiger partial charge in [-0.05, 0) is 32.9 Å². The van der Waals surface area contributed by atoms with Crippen molar-refractivity contribution < 1.29 is 14.3 Å². The Balaban J connectivity index is 2.38. The van der Waals surface area contributed by atoms with E-state index in [0.717, 1.165) is 0 Å². The van der Waals surface area contributed by atoms with Crippen molar-refractivity contribution in [1.29, 1.82) is 0 Å². The molecule has 6 nitrogen and oxygen atoms in total. The summed E-state index contributed by atoms with van der Waals surface area (Å²) in [6, 6.07) is 6.23. The maximum absolute atomic E-state index is 11.7. The van der Waals surface area contributed by atoms with Crippen LogP contribution in [0.3, 0.4) is 0 Å². The smallest absolute Gasteiger partial charge is 0.258 e. The van der Waals surface area contributed by atoms with Crippen LogP contribution < -0.4 is 21.1 Å². The summed E-state index contributed by atoms with van der Waals surface area (Å²) in [6.45, 7) is 5.17. The number of carbonyl (C=O) groups is 2. The molecular formula is C14H21N3O3. The number of nitrogen functional groups attached to an aromatic ring is 1. The lowest BCUT2D eigenvalue weighted by Crippen LogP contribution is -2.47. The molecule has 2 amide bonds. The van der Waals surface area contributed by atoms with Crippen LogP contribution in [0.2, 0.25) is 0 Å². The Bertz CT molecular complexity index is 474. The van der Waals surface area contributed by atoms with Gasteiger partial charge in [-0.1, -0.05) is 6.07 Å². The maximum Gasteiger partial charge on any atom is 0.258 e. The average molecular weight is 279 g/mol. The van der Waals surface area contributed by atoms with Crippen molar-refractivity contribution in [2.24, 2.45) is 0 Å². The van der Waals surface area contributed by atoms with E-state index >= 15 is 0 Å². The molecule has 0 fully saturated rings. The number of amides is 2. The molecule has 1 unspecified atom stereocenters. The van der Waals surface area contributed by atoms with Gasteiger partial charge in [0.15, 0.2) is 6.61 Å². The van der Waals surface area contributed by atoms with Gasteiger partial charge in [0.2, 0.25) is 5.91 Å². The summed E-state index contributed by atoms with van der Waals surface area (Å²) < 4.78 is 5.29. The van der Waals surface area contributed by atoms with Gasteiger partial charge in [0, 0.05) is 17.8 Å². The lowest BCUT2D eigenvalue weighted by Gasteiger charge is -2.16. The average Bonchev–Trinajstić information content (AvgIpc) is 2.35. The van der Waals surface area contributed by atoms with Crippen LogP contribution in [0.1, 0.15) is 20.8 Å². The number of nitrogens with one attached hydrogen (secondary N) is 2. The molecule has 0 saturated carbocycles. The molecule has 1 rings (SSSR count). The molecular weight excluding hydrogens is 258 g/mol. The summed E-state index contributed by atoms with van der Waals surface area (Å²) in [7, 11) is 0. The molecule has 0 aliphatic carbocycles. The number of benzene rings is 1. The van der Waals surface area contributed by atoms with Crippen molar-refractivity contribution in [2.45, 2.75) is 32.9 Å². The minimum atomic E-state index is -0.602. The quantitative estimate of drug-likeness (QED) is 0.667. The maximum atomic E-state index is 11.7. The molecule has 1 atom stereocenters. The van der Waals surface area contributed by atoms with Gasteiger partial charge >= 0.3 is 0 Å². The fraction of sp³-hybridized carbons (Fsp3) is 0.429. The predicted octanol–water partition coefficient (Wildman–Crippen LogP) is 0.677. The molecule has 0 heterocycles. The zero-order valence-corrected chi connectivity index (χ0v) is 12.0. The van der Waals surface area contributed by atoms with Crippen LogP contribution in [-0.4, -0.2) is 30.5 Å². The Morgan fingerprint density at radius 1 is 1.25 bits per heavy atom. The second-order valence-electron chi connectivity index (χ2n) is 4.81. The fourth-order valence-electron chi connectivity index (χ4n) is 1.51. The molecule has 0 saturated heterocycles. The standard InChI is InChI=1S/C14H21N3O3/c1-9(2)16-14(19)10(3)17-13(18)8-20-12-6-4-5-11(15)7-12/h4-7,9-10H,8,15H2,1-3H3,(H,16,19)(H,17,18). The normalized spacial score (nSPS) is 11.8. The number of ether oxygens (including phenoxy) is 1. The molecule has 0 radical (unpaired) electrons. The zero-order chi connectivity index (χ0) is 15.1. The topological polar surface area (TPSA) is 93.5 Å². The minimum Gasteiger partial charge on any atom is -0.484 e. The molecule has 4 N–H and O–H groups in total. The SMILES string of the molecule is CC(C)NC(=O)C(C)NC(=O)COc1cccc(N)c1. The number of carbonyl (C=O) groups excluding carboxylic acids is 2. The van der Waals surface area contributed by atoms with Crippen molar-refractivity contribution in [3.05, 3.63) is 24.3 Å². The summed E-state index contributed by atoms with van der Waals surface area (Å²) in [5.74, 6) is -0.0735. The van der Waals surface area contributed by atoms with Gasteiger partial charge in [-0.15, -0.1) is 0 Å².